The molecule has 0 unspecified atom stereocenters. The van der Waals surface area contributed by atoms with Crippen molar-refractivity contribution in [3.8, 4) is 23.0 Å². The van der Waals surface area contributed by atoms with Crippen molar-refractivity contribution in [3.05, 3.63) is 82.9 Å². The summed E-state index contributed by atoms with van der Waals surface area (Å²) in [6, 6.07) is 16.7. The molecule has 37 heavy (non-hydrogen) atoms. The van der Waals surface area contributed by atoms with Crippen molar-refractivity contribution in [2.75, 3.05) is 27.9 Å². The summed E-state index contributed by atoms with van der Waals surface area (Å²) in [7, 11) is 4.34. The number of carbonyl (C=O) groups is 3. The van der Waals surface area contributed by atoms with E-state index in [1.807, 2.05) is 19.1 Å². The maximum Gasteiger partial charge on any atom is 0.343 e. The predicted octanol–water partition coefficient (Wildman–Crippen LogP) is 3.12. The van der Waals surface area contributed by atoms with Gasteiger partial charge in [0.25, 0.3) is 11.8 Å². The lowest BCUT2D eigenvalue weighted by molar-refractivity contribution is -0.120. The van der Waals surface area contributed by atoms with Gasteiger partial charge in [-0.05, 0) is 60.5 Å². The second-order valence-electron chi connectivity index (χ2n) is 7.66. The Morgan fingerprint density at radius 3 is 2.14 bits per heavy atom. The van der Waals surface area contributed by atoms with Crippen LogP contribution >= 0.6 is 0 Å². The van der Waals surface area contributed by atoms with E-state index >= 15 is 0 Å². The van der Waals surface area contributed by atoms with Gasteiger partial charge in [0, 0.05) is 5.56 Å². The van der Waals surface area contributed by atoms with E-state index in [2.05, 4.69) is 15.8 Å². The first-order valence-electron chi connectivity index (χ1n) is 11.1. The molecule has 0 spiro atoms. The SMILES string of the molecule is COc1cc(C(=O)NCC(=O)N/N=C\c2ccc(OC(=O)c3ccccc3C)cc2)cc(OC)c1OC. The number of hydrazone groups is 1. The van der Waals surface area contributed by atoms with Crippen LogP contribution < -0.4 is 29.7 Å². The van der Waals surface area contributed by atoms with Crippen LogP contribution in [0.3, 0.4) is 0 Å². The Hall–Kier alpha value is -4.86. The highest BCUT2D eigenvalue weighted by Gasteiger charge is 2.17. The second-order valence-corrected chi connectivity index (χ2v) is 7.66. The van der Waals surface area contributed by atoms with Crippen molar-refractivity contribution < 1.29 is 33.3 Å². The van der Waals surface area contributed by atoms with Crippen LogP contribution in [-0.2, 0) is 4.79 Å². The number of nitrogens with one attached hydrogen (secondary N) is 2. The number of methoxy groups -OCH3 is 3. The molecule has 0 radical (unpaired) electrons. The van der Waals surface area contributed by atoms with E-state index in [1.165, 1.54) is 39.7 Å². The number of esters is 1. The molecule has 0 aromatic heterocycles. The van der Waals surface area contributed by atoms with Crippen molar-refractivity contribution in [1.82, 2.24) is 10.7 Å². The fraction of sp³-hybridized carbons (Fsp3) is 0.185. The third-order valence-electron chi connectivity index (χ3n) is 5.19. The van der Waals surface area contributed by atoms with Crippen LogP contribution in [0.15, 0.2) is 65.8 Å². The van der Waals surface area contributed by atoms with Gasteiger partial charge >= 0.3 is 5.97 Å². The second kappa shape index (κ2) is 12.7. The first-order valence-corrected chi connectivity index (χ1v) is 11.1. The molecule has 2 amide bonds. The number of hydrogen-bond acceptors (Lipinski definition) is 8. The van der Waals surface area contributed by atoms with Crippen molar-refractivity contribution in [2.45, 2.75) is 6.92 Å². The minimum atomic E-state index is -0.527. The van der Waals surface area contributed by atoms with Crippen LogP contribution in [0.5, 0.6) is 23.0 Å². The highest BCUT2D eigenvalue weighted by atomic mass is 16.5. The molecule has 0 aliphatic heterocycles. The summed E-state index contributed by atoms with van der Waals surface area (Å²) < 4.78 is 21.1. The first-order chi connectivity index (χ1) is 17.9. The first kappa shape index (κ1) is 26.7. The third kappa shape index (κ3) is 7.07. The molecule has 0 bridgehead atoms. The van der Waals surface area contributed by atoms with Gasteiger partial charge < -0.3 is 24.3 Å². The fourth-order valence-corrected chi connectivity index (χ4v) is 3.28. The Kier molecular flexibility index (Phi) is 9.20. The van der Waals surface area contributed by atoms with E-state index < -0.39 is 17.8 Å². The average Bonchev–Trinajstić information content (AvgIpc) is 2.91. The van der Waals surface area contributed by atoms with Crippen LogP contribution in [0, 0.1) is 6.92 Å². The van der Waals surface area contributed by atoms with Gasteiger partial charge in [0.2, 0.25) is 5.75 Å². The molecule has 0 aliphatic carbocycles. The van der Waals surface area contributed by atoms with Crippen molar-refractivity contribution in [1.29, 1.82) is 0 Å². The van der Waals surface area contributed by atoms with Gasteiger partial charge in [0.05, 0.1) is 39.7 Å². The number of benzene rings is 3. The molecular formula is C27H27N3O7. The molecule has 0 saturated carbocycles. The summed E-state index contributed by atoms with van der Waals surface area (Å²) in [6.45, 7) is 1.53. The normalized spacial score (nSPS) is 10.5. The highest BCUT2D eigenvalue weighted by molar-refractivity contribution is 5.97. The van der Waals surface area contributed by atoms with Crippen LogP contribution in [0.1, 0.15) is 31.8 Å². The summed E-state index contributed by atoms with van der Waals surface area (Å²) in [5.74, 6) is -0.112. The zero-order chi connectivity index (χ0) is 26.8. The van der Waals surface area contributed by atoms with Crippen LogP contribution in [0.25, 0.3) is 0 Å². The van der Waals surface area contributed by atoms with Gasteiger partial charge in [-0.2, -0.15) is 5.10 Å². The Labute approximate surface area is 214 Å². The smallest absolute Gasteiger partial charge is 0.343 e. The minimum Gasteiger partial charge on any atom is -0.493 e. The maximum atomic E-state index is 12.5. The number of rotatable bonds is 10. The highest BCUT2D eigenvalue weighted by Crippen LogP contribution is 2.38. The Balaban J connectivity index is 1.50. The molecule has 2 N–H and O–H groups in total. The summed E-state index contributed by atoms with van der Waals surface area (Å²) in [5.41, 5.74) is 4.55. The maximum absolute atomic E-state index is 12.5. The number of hydrogen-bond donors (Lipinski definition) is 2. The van der Waals surface area contributed by atoms with Gasteiger partial charge in [0.1, 0.15) is 5.75 Å². The molecule has 0 fully saturated rings. The standard InChI is InChI=1S/C27H27N3O7/c1-17-7-5-6-8-21(17)27(33)37-20-11-9-18(10-12-20)15-29-30-24(31)16-28-26(32)19-13-22(34-2)25(36-4)23(14-19)35-3/h5-15H,16H2,1-4H3,(H,28,32)(H,30,31)/b29-15-. The van der Waals surface area contributed by atoms with E-state index in [0.29, 0.717) is 34.1 Å². The van der Waals surface area contributed by atoms with Crippen LogP contribution in [0.2, 0.25) is 0 Å². The molecule has 3 rings (SSSR count). The predicted molar refractivity (Wildman–Crippen MR) is 137 cm³/mol. The largest absolute Gasteiger partial charge is 0.493 e. The fourth-order valence-electron chi connectivity index (χ4n) is 3.28. The number of ether oxygens (including phenoxy) is 4. The zero-order valence-electron chi connectivity index (χ0n) is 20.9. The lowest BCUT2D eigenvalue weighted by Crippen LogP contribution is -2.34. The number of nitrogens with zero attached hydrogens (tertiary/aromatic N) is 1. The summed E-state index contributed by atoms with van der Waals surface area (Å²) >= 11 is 0. The van der Waals surface area contributed by atoms with E-state index in [-0.39, 0.29) is 12.1 Å². The molecule has 10 heteroatoms. The van der Waals surface area contributed by atoms with Gasteiger partial charge in [-0.25, -0.2) is 10.2 Å². The van der Waals surface area contributed by atoms with Crippen molar-refractivity contribution in [3.63, 3.8) is 0 Å². The molecule has 3 aromatic carbocycles. The molecule has 0 saturated heterocycles. The quantitative estimate of drug-likeness (QED) is 0.188. The monoisotopic (exact) mass is 505 g/mol. The van der Waals surface area contributed by atoms with E-state index in [9.17, 15) is 14.4 Å². The molecule has 0 aliphatic rings. The topological polar surface area (TPSA) is 125 Å². The lowest BCUT2D eigenvalue weighted by atomic mass is 10.1. The van der Waals surface area contributed by atoms with E-state index in [4.69, 9.17) is 18.9 Å². The zero-order valence-corrected chi connectivity index (χ0v) is 20.9. The number of aryl methyl sites for hydroxylation is 1. The molecule has 0 atom stereocenters. The van der Waals surface area contributed by atoms with Crippen molar-refractivity contribution in [2.24, 2.45) is 5.10 Å². The summed E-state index contributed by atoms with van der Waals surface area (Å²) in [6.07, 6.45) is 1.42. The number of amides is 2. The Morgan fingerprint density at radius 2 is 1.54 bits per heavy atom. The molecule has 3 aromatic rings. The Morgan fingerprint density at radius 1 is 0.892 bits per heavy atom. The lowest BCUT2D eigenvalue weighted by Gasteiger charge is -2.14. The molecular weight excluding hydrogens is 478 g/mol. The van der Waals surface area contributed by atoms with Gasteiger partial charge in [-0.3, -0.25) is 9.59 Å². The minimum absolute atomic E-state index is 0.231. The molecule has 0 heterocycles. The molecule has 192 valence electrons. The van der Waals surface area contributed by atoms with Crippen molar-refractivity contribution >= 4 is 24.0 Å². The van der Waals surface area contributed by atoms with E-state index in [0.717, 1.165) is 5.56 Å². The van der Waals surface area contributed by atoms with E-state index in [1.54, 1.807) is 36.4 Å². The van der Waals surface area contributed by atoms with Gasteiger partial charge in [-0.15, -0.1) is 0 Å². The van der Waals surface area contributed by atoms with Gasteiger partial charge in [-0.1, -0.05) is 18.2 Å². The summed E-state index contributed by atoms with van der Waals surface area (Å²) in [4.78, 5) is 36.9. The third-order valence-corrected chi connectivity index (χ3v) is 5.19. The number of carbonyl (C=O) groups excluding carboxylic acids is 3. The van der Waals surface area contributed by atoms with Crippen LogP contribution in [-0.4, -0.2) is 51.9 Å². The van der Waals surface area contributed by atoms with Gasteiger partial charge in [0.15, 0.2) is 11.5 Å². The summed E-state index contributed by atoms with van der Waals surface area (Å²) in [5, 5.41) is 6.38. The average molecular weight is 506 g/mol. The molecule has 10 nitrogen and oxygen atoms in total. The van der Waals surface area contributed by atoms with Crippen LogP contribution in [0.4, 0.5) is 0 Å². The Bertz CT molecular complexity index is 1280.